The molecule has 0 aliphatic carbocycles. The molecule has 3 rings (SSSR count). The van der Waals surface area contributed by atoms with E-state index in [9.17, 15) is 9.59 Å². The number of carbonyl (C=O) groups is 2. The van der Waals surface area contributed by atoms with Crippen LogP contribution in [0.25, 0.3) is 0 Å². The fourth-order valence-electron chi connectivity index (χ4n) is 2.50. The topological polar surface area (TPSA) is 69.3 Å². The summed E-state index contributed by atoms with van der Waals surface area (Å²) >= 11 is 0. The Labute approximate surface area is 98.6 Å². The van der Waals surface area contributed by atoms with Crippen LogP contribution in [0, 0.1) is 0 Å². The van der Waals surface area contributed by atoms with Crippen LogP contribution in [0.3, 0.4) is 0 Å². The molecule has 0 saturated carbocycles. The van der Waals surface area contributed by atoms with Gasteiger partial charge in [0.05, 0.1) is 18.8 Å². The highest BCUT2D eigenvalue weighted by Crippen LogP contribution is 2.24. The van der Waals surface area contributed by atoms with Crippen molar-refractivity contribution >= 4 is 12.3 Å². The highest BCUT2D eigenvalue weighted by Gasteiger charge is 2.31. The molecule has 6 heteroatoms. The van der Waals surface area contributed by atoms with Gasteiger partial charge in [0.2, 0.25) is 0 Å². The zero-order chi connectivity index (χ0) is 11.8. The van der Waals surface area contributed by atoms with Crippen LogP contribution in [0.2, 0.25) is 0 Å². The average Bonchev–Trinajstić information content (AvgIpc) is 3.04. The van der Waals surface area contributed by atoms with Crippen LogP contribution in [0.15, 0.2) is 0 Å². The summed E-state index contributed by atoms with van der Waals surface area (Å²) in [6, 6.07) is 0.0731. The van der Waals surface area contributed by atoms with Gasteiger partial charge in [0.25, 0.3) is 0 Å². The number of aldehydes is 1. The number of fused-ring (bicyclic) bond motifs is 1. The summed E-state index contributed by atoms with van der Waals surface area (Å²) in [6.45, 7) is 2.73. The summed E-state index contributed by atoms with van der Waals surface area (Å²) in [4.78, 5) is 26.5. The number of amides is 2. The zero-order valence-corrected chi connectivity index (χ0v) is 9.48. The number of hydrogen-bond donors (Lipinski definition) is 1. The predicted octanol–water partition coefficient (Wildman–Crippen LogP) is 0.754. The SMILES string of the molecule is O=Cc1n[nH]c2c1CN(C(=O)N1CCCC1)C2. The lowest BCUT2D eigenvalue weighted by Gasteiger charge is -2.23. The molecule has 1 aromatic rings. The van der Waals surface area contributed by atoms with Crippen LogP contribution in [0.5, 0.6) is 0 Å². The summed E-state index contributed by atoms with van der Waals surface area (Å²) in [5.74, 6) is 0. The molecule has 1 saturated heterocycles. The van der Waals surface area contributed by atoms with Crippen molar-refractivity contribution in [3.63, 3.8) is 0 Å². The number of hydrogen-bond acceptors (Lipinski definition) is 3. The van der Waals surface area contributed by atoms with Crippen molar-refractivity contribution in [2.24, 2.45) is 0 Å². The number of urea groups is 1. The Bertz CT molecular complexity index is 462. The van der Waals surface area contributed by atoms with Gasteiger partial charge in [0, 0.05) is 18.7 Å². The molecule has 3 heterocycles. The third-order valence-corrected chi connectivity index (χ3v) is 3.44. The maximum Gasteiger partial charge on any atom is 0.320 e. The minimum Gasteiger partial charge on any atom is -0.325 e. The molecule has 1 fully saturated rings. The number of rotatable bonds is 1. The van der Waals surface area contributed by atoms with E-state index in [-0.39, 0.29) is 6.03 Å². The van der Waals surface area contributed by atoms with E-state index in [0.717, 1.165) is 43.5 Å². The molecular formula is C11H14N4O2. The molecule has 1 N–H and O–H groups in total. The molecule has 6 nitrogen and oxygen atoms in total. The quantitative estimate of drug-likeness (QED) is 0.729. The third kappa shape index (κ3) is 1.60. The van der Waals surface area contributed by atoms with Crippen molar-refractivity contribution in [3.05, 3.63) is 17.0 Å². The van der Waals surface area contributed by atoms with Gasteiger partial charge >= 0.3 is 6.03 Å². The first-order chi connectivity index (χ1) is 8.29. The smallest absolute Gasteiger partial charge is 0.320 e. The number of nitrogens with zero attached hydrogens (tertiary/aromatic N) is 3. The molecule has 90 valence electrons. The monoisotopic (exact) mass is 234 g/mol. The maximum absolute atomic E-state index is 12.1. The van der Waals surface area contributed by atoms with Gasteiger partial charge in [-0.1, -0.05) is 0 Å². The van der Waals surface area contributed by atoms with Crippen LogP contribution in [-0.2, 0) is 13.1 Å². The van der Waals surface area contributed by atoms with Crippen LogP contribution >= 0.6 is 0 Å². The summed E-state index contributed by atoms with van der Waals surface area (Å²) in [7, 11) is 0. The van der Waals surface area contributed by atoms with Gasteiger partial charge in [0.1, 0.15) is 5.69 Å². The molecule has 17 heavy (non-hydrogen) atoms. The van der Waals surface area contributed by atoms with Gasteiger partial charge < -0.3 is 9.80 Å². The number of likely N-dealkylation sites (tertiary alicyclic amines) is 1. The number of carbonyl (C=O) groups excluding carboxylic acids is 2. The minimum absolute atomic E-state index is 0.0731. The predicted molar refractivity (Wildman–Crippen MR) is 59.4 cm³/mol. The molecule has 2 aliphatic rings. The van der Waals surface area contributed by atoms with E-state index in [0.29, 0.717) is 18.8 Å². The average molecular weight is 234 g/mol. The Balaban J connectivity index is 1.75. The fraction of sp³-hybridized carbons (Fsp3) is 0.545. The summed E-state index contributed by atoms with van der Waals surface area (Å²) < 4.78 is 0. The van der Waals surface area contributed by atoms with Crippen molar-refractivity contribution in [2.75, 3.05) is 13.1 Å². The van der Waals surface area contributed by atoms with Gasteiger partial charge in [-0.2, -0.15) is 5.10 Å². The zero-order valence-electron chi connectivity index (χ0n) is 9.48. The normalized spacial score (nSPS) is 18.6. The molecule has 0 radical (unpaired) electrons. The van der Waals surface area contributed by atoms with Crippen molar-refractivity contribution in [1.29, 1.82) is 0 Å². The van der Waals surface area contributed by atoms with E-state index in [2.05, 4.69) is 10.2 Å². The number of aromatic nitrogens is 2. The second-order valence-electron chi connectivity index (χ2n) is 4.52. The number of H-pyrrole nitrogens is 1. The molecule has 0 atom stereocenters. The first-order valence-electron chi connectivity index (χ1n) is 5.84. The Morgan fingerprint density at radius 2 is 2.00 bits per heavy atom. The van der Waals surface area contributed by atoms with Gasteiger partial charge in [-0.3, -0.25) is 9.89 Å². The lowest BCUT2D eigenvalue weighted by Crippen LogP contribution is -2.38. The van der Waals surface area contributed by atoms with Gasteiger partial charge in [-0.15, -0.1) is 0 Å². The van der Waals surface area contributed by atoms with E-state index >= 15 is 0 Å². The van der Waals surface area contributed by atoms with Crippen molar-refractivity contribution < 1.29 is 9.59 Å². The maximum atomic E-state index is 12.1. The lowest BCUT2D eigenvalue weighted by molar-refractivity contribution is 0.111. The van der Waals surface area contributed by atoms with Crippen LogP contribution < -0.4 is 0 Å². The van der Waals surface area contributed by atoms with Crippen LogP contribution in [-0.4, -0.2) is 45.4 Å². The molecule has 0 unspecified atom stereocenters. The van der Waals surface area contributed by atoms with Gasteiger partial charge in [0.15, 0.2) is 6.29 Å². The molecule has 1 aromatic heterocycles. The summed E-state index contributed by atoms with van der Waals surface area (Å²) in [6.07, 6.45) is 2.91. The van der Waals surface area contributed by atoms with Crippen molar-refractivity contribution in [1.82, 2.24) is 20.0 Å². The lowest BCUT2D eigenvalue weighted by atomic mass is 10.2. The Kier molecular flexibility index (Phi) is 2.35. The second kappa shape index (κ2) is 3.87. The summed E-state index contributed by atoms with van der Waals surface area (Å²) in [5, 5.41) is 6.72. The van der Waals surface area contributed by atoms with Crippen LogP contribution in [0.4, 0.5) is 4.79 Å². The van der Waals surface area contributed by atoms with E-state index in [1.807, 2.05) is 4.90 Å². The number of aromatic amines is 1. The Hall–Kier alpha value is -1.85. The van der Waals surface area contributed by atoms with Crippen LogP contribution in [0.1, 0.15) is 34.6 Å². The molecule has 2 aliphatic heterocycles. The molecule has 0 bridgehead atoms. The molecular weight excluding hydrogens is 220 g/mol. The van der Waals surface area contributed by atoms with Crippen molar-refractivity contribution in [3.8, 4) is 0 Å². The molecule has 2 amide bonds. The Morgan fingerprint density at radius 3 is 2.71 bits per heavy atom. The second-order valence-corrected chi connectivity index (χ2v) is 4.52. The van der Waals surface area contributed by atoms with Gasteiger partial charge in [-0.25, -0.2) is 4.79 Å². The van der Waals surface area contributed by atoms with E-state index in [1.54, 1.807) is 4.90 Å². The minimum atomic E-state index is 0.0731. The molecule has 0 spiro atoms. The highest BCUT2D eigenvalue weighted by molar-refractivity contribution is 5.78. The summed E-state index contributed by atoms with van der Waals surface area (Å²) in [5.41, 5.74) is 2.18. The third-order valence-electron chi connectivity index (χ3n) is 3.44. The first-order valence-corrected chi connectivity index (χ1v) is 5.84. The largest absolute Gasteiger partial charge is 0.325 e. The highest BCUT2D eigenvalue weighted by atomic mass is 16.2. The van der Waals surface area contributed by atoms with E-state index in [1.165, 1.54) is 0 Å². The fourth-order valence-corrected chi connectivity index (χ4v) is 2.50. The first kappa shape index (κ1) is 10.3. The Morgan fingerprint density at radius 1 is 1.24 bits per heavy atom. The number of nitrogens with one attached hydrogen (secondary N) is 1. The van der Waals surface area contributed by atoms with Crippen molar-refractivity contribution in [2.45, 2.75) is 25.9 Å². The van der Waals surface area contributed by atoms with Gasteiger partial charge in [-0.05, 0) is 12.8 Å². The van der Waals surface area contributed by atoms with E-state index in [4.69, 9.17) is 0 Å². The standard InChI is InChI=1S/C11H14N4O2/c16-7-10-8-5-15(6-9(8)12-13-10)11(17)14-3-1-2-4-14/h7H,1-6H2,(H,12,13). The van der Waals surface area contributed by atoms with E-state index < -0.39 is 0 Å². The molecule has 0 aromatic carbocycles.